The molecule has 1 saturated carbocycles. The van der Waals surface area contributed by atoms with Crippen LogP contribution in [0.4, 0.5) is 0 Å². The van der Waals surface area contributed by atoms with E-state index in [4.69, 9.17) is 0 Å². The average Bonchev–Trinajstić information content (AvgIpc) is 2.39. The first-order chi connectivity index (χ1) is 8.34. The summed E-state index contributed by atoms with van der Waals surface area (Å²) in [5.41, 5.74) is 0.271. The summed E-state index contributed by atoms with van der Waals surface area (Å²) < 4.78 is 0. The topological polar surface area (TPSA) is 40.5 Å². The quantitative estimate of drug-likeness (QED) is 0.822. The molecule has 1 spiro atoms. The van der Waals surface area contributed by atoms with E-state index in [2.05, 4.69) is 4.90 Å². The second-order valence-electron chi connectivity index (χ2n) is 7.43. The van der Waals surface area contributed by atoms with E-state index < -0.39 is 5.97 Å². The normalized spacial score (nSPS) is 26.4. The lowest BCUT2D eigenvalue weighted by molar-refractivity contribution is -0.157. The third kappa shape index (κ3) is 2.71. The standard InChI is InChI=1S/C15H27NO2/c1-14(2,3)12(13(17)18)16-10-15(11-16)8-6-4-5-7-9-15/h12H,4-11H2,1-3H3,(H,17,18). The van der Waals surface area contributed by atoms with Crippen molar-refractivity contribution in [3.63, 3.8) is 0 Å². The molecular weight excluding hydrogens is 226 g/mol. The summed E-state index contributed by atoms with van der Waals surface area (Å²) in [4.78, 5) is 13.7. The van der Waals surface area contributed by atoms with Gasteiger partial charge in [-0.25, -0.2) is 0 Å². The largest absolute Gasteiger partial charge is 0.480 e. The molecule has 1 unspecified atom stereocenters. The lowest BCUT2D eigenvalue weighted by Gasteiger charge is -2.55. The van der Waals surface area contributed by atoms with Crippen molar-refractivity contribution in [1.29, 1.82) is 0 Å². The molecule has 3 heteroatoms. The van der Waals surface area contributed by atoms with Gasteiger partial charge in [0.25, 0.3) is 0 Å². The molecule has 104 valence electrons. The van der Waals surface area contributed by atoms with Crippen LogP contribution in [0.15, 0.2) is 0 Å². The molecule has 0 radical (unpaired) electrons. The number of carboxylic acids is 1. The van der Waals surface area contributed by atoms with Crippen molar-refractivity contribution in [1.82, 2.24) is 4.90 Å². The minimum Gasteiger partial charge on any atom is -0.480 e. The predicted octanol–water partition coefficient (Wildman–Crippen LogP) is 3.14. The molecule has 1 saturated heterocycles. The Morgan fingerprint density at radius 3 is 2.00 bits per heavy atom. The van der Waals surface area contributed by atoms with Crippen molar-refractivity contribution in [2.45, 2.75) is 65.3 Å². The predicted molar refractivity (Wildman–Crippen MR) is 72.6 cm³/mol. The Labute approximate surface area is 111 Å². The van der Waals surface area contributed by atoms with E-state index >= 15 is 0 Å². The summed E-state index contributed by atoms with van der Waals surface area (Å²) in [7, 11) is 0. The van der Waals surface area contributed by atoms with E-state index in [1.807, 2.05) is 20.8 Å². The van der Waals surface area contributed by atoms with Crippen LogP contribution in [0.3, 0.4) is 0 Å². The summed E-state index contributed by atoms with van der Waals surface area (Å²) >= 11 is 0. The van der Waals surface area contributed by atoms with Gasteiger partial charge in [-0.2, -0.15) is 0 Å². The van der Waals surface area contributed by atoms with Gasteiger partial charge in [0.05, 0.1) is 0 Å². The highest BCUT2D eigenvalue weighted by molar-refractivity contribution is 5.74. The zero-order chi connectivity index (χ0) is 13.4. The summed E-state index contributed by atoms with van der Waals surface area (Å²) in [6.07, 6.45) is 8.01. The molecule has 0 aromatic rings. The van der Waals surface area contributed by atoms with Crippen molar-refractivity contribution >= 4 is 5.97 Å². The van der Waals surface area contributed by atoms with E-state index in [9.17, 15) is 9.90 Å². The smallest absolute Gasteiger partial charge is 0.321 e. The number of carboxylic acid groups (broad SMARTS) is 1. The molecule has 0 aromatic carbocycles. The molecule has 1 aliphatic heterocycles. The Morgan fingerprint density at radius 1 is 1.11 bits per heavy atom. The van der Waals surface area contributed by atoms with Gasteiger partial charge in [-0.3, -0.25) is 9.69 Å². The molecule has 2 fully saturated rings. The maximum atomic E-state index is 11.5. The first-order valence-electron chi connectivity index (χ1n) is 7.31. The fourth-order valence-electron chi connectivity index (χ4n) is 3.87. The van der Waals surface area contributed by atoms with Gasteiger partial charge in [0.2, 0.25) is 0 Å². The minimum absolute atomic E-state index is 0.182. The lowest BCUT2D eigenvalue weighted by Crippen LogP contribution is -2.64. The zero-order valence-corrected chi connectivity index (χ0v) is 12.0. The van der Waals surface area contributed by atoms with Crippen molar-refractivity contribution in [2.75, 3.05) is 13.1 Å². The number of likely N-dealkylation sites (tertiary alicyclic amines) is 1. The molecule has 0 aromatic heterocycles. The van der Waals surface area contributed by atoms with Gasteiger partial charge in [-0.15, -0.1) is 0 Å². The van der Waals surface area contributed by atoms with Crippen LogP contribution in [0, 0.1) is 10.8 Å². The highest BCUT2D eigenvalue weighted by atomic mass is 16.4. The highest BCUT2D eigenvalue weighted by Gasteiger charge is 2.49. The molecule has 0 bridgehead atoms. The second kappa shape index (κ2) is 4.84. The number of aliphatic carboxylic acids is 1. The van der Waals surface area contributed by atoms with E-state index in [1.54, 1.807) is 0 Å². The van der Waals surface area contributed by atoms with Crippen LogP contribution in [-0.2, 0) is 4.79 Å². The minimum atomic E-state index is -0.661. The van der Waals surface area contributed by atoms with Crippen LogP contribution in [-0.4, -0.2) is 35.1 Å². The van der Waals surface area contributed by atoms with E-state index in [1.165, 1.54) is 38.5 Å². The molecule has 1 heterocycles. The van der Waals surface area contributed by atoms with Crippen LogP contribution < -0.4 is 0 Å². The molecule has 3 nitrogen and oxygen atoms in total. The molecule has 1 atom stereocenters. The second-order valence-corrected chi connectivity index (χ2v) is 7.43. The third-order valence-electron chi connectivity index (χ3n) is 4.66. The number of hydrogen-bond donors (Lipinski definition) is 1. The molecule has 1 N–H and O–H groups in total. The van der Waals surface area contributed by atoms with Crippen molar-refractivity contribution < 1.29 is 9.90 Å². The SMILES string of the molecule is CC(C)(C)C(C(=O)O)N1CC2(CCCCCC2)C1. The molecule has 0 amide bonds. The molecule has 1 aliphatic carbocycles. The van der Waals surface area contributed by atoms with Gasteiger partial charge in [0.1, 0.15) is 6.04 Å². The molecular formula is C15H27NO2. The number of nitrogens with zero attached hydrogens (tertiary/aromatic N) is 1. The first-order valence-corrected chi connectivity index (χ1v) is 7.31. The van der Waals surface area contributed by atoms with Crippen LogP contribution in [0.2, 0.25) is 0 Å². The number of hydrogen-bond acceptors (Lipinski definition) is 2. The average molecular weight is 253 g/mol. The Kier molecular flexibility index (Phi) is 3.72. The fraction of sp³-hybridized carbons (Fsp3) is 0.933. The van der Waals surface area contributed by atoms with Crippen LogP contribution in [0.25, 0.3) is 0 Å². The van der Waals surface area contributed by atoms with Crippen molar-refractivity contribution in [3.8, 4) is 0 Å². The maximum Gasteiger partial charge on any atom is 0.321 e. The Hall–Kier alpha value is -0.570. The van der Waals surface area contributed by atoms with Crippen LogP contribution in [0.5, 0.6) is 0 Å². The number of carbonyl (C=O) groups is 1. The van der Waals surface area contributed by atoms with Gasteiger partial charge < -0.3 is 5.11 Å². The summed E-state index contributed by atoms with van der Waals surface area (Å²) in [5, 5.41) is 9.44. The zero-order valence-electron chi connectivity index (χ0n) is 12.0. The lowest BCUT2D eigenvalue weighted by atomic mass is 9.70. The van der Waals surface area contributed by atoms with Crippen LogP contribution >= 0.6 is 0 Å². The van der Waals surface area contributed by atoms with Crippen molar-refractivity contribution in [3.05, 3.63) is 0 Å². The third-order valence-corrected chi connectivity index (χ3v) is 4.66. The fourth-order valence-corrected chi connectivity index (χ4v) is 3.87. The van der Waals surface area contributed by atoms with Gasteiger partial charge in [0, 0.05) is 13.1 Å². The van der Waals surface area contributed by atoms with Gasteiger partial charge >= 0.3 is 5.97 Å². The summed E-state index contributed by atoms with van der Waals surface area (Å²) in [6, 6.07) is -0.327. The van der Waals surface area contributed by atoms with E-state index in [-0.39, 0.29) is 11.5 Å². The first kappa shape index (κ1) is 13.9. The Bertz CT molecular complexity index is 303. The van der Waals surface area contributed by atoms with Crippen molar-refractivity contribution in [2.24, 2.45) is 10.8 Å². The highest BCUT2D eigenvalue weighted by Crippen LogP contribution is 2.45. The van der Waals surface area contributed by atoms with Gasteiger partial charge in [-0.1, -0.05) is 46.5 Å². The van der Waals surface area contributed by atoms with Crippen LogP contribution in [0.1, 0.15) is 59.3 Å². The molecule has 2 aliphatic rings. The molecule has 18 heavy (non-hydrogen) atoms. The maximum absolute atomic E-state index is 11.5. The summed E-state index contributed by atoms with van der Waals surface area (Å²) in [5.74, 6) is -0.661. The van der Waals surface area contributed by atoms with Gasteiger partial charge in [-0.05, 0) is 23.7 Å². The molecule has 2 rings (SSSR count). The summed E-state index contributed by atoms with van der Waals surface area (Å²) in [6.45, 7) is 8.10. The number of rotatable bonds is 2. The van der Waals surface area contributed by atoms with E-state index in [0.717, 1.165) is 13.1 Å². The Balaban J connectivity index is 1.99. The van der Waals surface area contributed by atoms with Gasteiger partial charge in [0.15, 0.2) is 0 Å². The Morgan fingerprint density at radius 2 is 1.61 bits per heavy atom. The van der Waals surface area contributed by atoms with E-state index in [0.29, 0.717) is 5.41 Å². The monoisotopic (exact) mass is 253 g/mol.